The van der Waals surface area contributed by atoms with E-state index in [0.29, 0.717) is 11.4 Å². The van der Waals surface area contributed by atoms with Crippen LogP contribution in [0.3, 0.4) is 0 Å². The maximum atomic E-state index is 12.1. The van der Waals surface area contributed by atoms with Crippen LogP contribution in [0.2, 0.25) is 0 Å². The van der Waals surface area contributed by atoms with Crippen molar-refractivity contribution in [1.29, 1.82) is 0 Å². The van der Waals surface area contributed by atoms with Gasteiger partial charge >= 0.3 is 0 Å². The molecule has 0 radical (unpaired) electrons. The Morgan fingerprint density at radius 2 is 2.25 bits per heavy atom. The van der Waals surface area contributed by atoms with E-state index in [1.165, 1.54) is 6.20 Å². The summed E-state index contributed by atoms with van der Waals surface area (Å²) in [6.07, 6.45) is 2.59. The molecule has 1 saturated heterocycles. The van der Waals surface area contributed by atoms with Crippen molar-refractivity contribution in [2.24, 2.45) is 0 Å². The van der Waals surface area contributed by atoms with Crippen LogP contribution in [0.25, 0.3) is 0 Å². The van der Waals surface area contributed by atoms with Crippen molar-refractivity contribution in [1.82, 2.24) is 9.88 Å². The van der Waals surface area contributed by atoms with E-state index in [1.54, 1.807) is 12.1 Å². The molecule has 0 saturated carbocycles. The van der Waals surface area contributed by atoms with Crippen LogP contribution >= 0.6 is 11.8 Å². The lowest BCUT2D eigenvalue weighted by atomic mass is 10.3. The Labute approximate surface area is 99.2 Å². The maximum absolute atomic E-state index is 12.1. The van der Waals surface area contributed by atoms with Gasteiger partial charge in [0.05, 0.1) is 11.9 Å². The second kappa shape index (κ2) is 5.21. The van der Waals surface area contributed by atoms with Gasteiger partial charge in [-0.3, -0.25) is 4.79 Å². The SMILES string of the molecule is Nc1ccc(C(=O)N2CCCSCC2)nc1. The lowest BCUT2D eigenvalue weighted by molar-refractivity contribution is 0.0763. The monoisotopic (exact) mass is 237 g/mol. The van der Waals surface area contributed by atoms with Gasteiger partial charge < -0.3 is 10.6 Å². The van der Waals surface area contributed by atoms with Crippen molar-refractivity contribution in [3.8, 4) is 0 Å². The number of thioether (sulfide) groups is 1. The quantitative estimate of drug-likeness (QED) is 0.798. The molecule has 86 valence electrons. The average molecular weight is 237 g/mol. The Balaban J connectivity index is 2.08. The van der Waals surface area contributed by atoms with Gasteiger partial charge in [-0.25, -0.2) is 4.98 Å². The molecule has 2 rings (SSSR count). The highest BCUT2D eigenvalue weighted by Crippen LogP contribution is 2.12. The van der Waals surface area contributed by atoms with E-state index in [9.17, 15) is 4.79 Å². The molecule has 2 heterocycles. The van der Waals surface area contributed by atoms with Crippen LogP contribution in [0.1, 0.15) is 16.9 Å². The fourth-order valence-electron chi connectivity index (χ4n) is 1.64. The summed E-state index contributed by atoms with van der Waals surface area (Å²) in [7, 11) is 0. The third kappa shape index (κ3) is 2.66. The molecule has 1 aromatic heterocycles. The maximum Gasteiger partial charge on any atom is 0.272 e. The molecule has 5 heteroatoms. The highest BCUT2D eigenvalue weighted by atomic mass is 32.2. The van der Waals surface area contributed by atoms with Crippen LogP contribution in [0.5, 0.6) is 0 Å². The number of amides is 1. The zero-order valence-corrected chi connectivity index (χ0v) is 9.87. The Morgan fingerprint density at radius 1 is 1.38 bits per heavy atom. The van der Waals surface area contributed by atoms with Crippen molar-refractivity contribution in [2.45, 2.75) is 6.42 Å². The summed E-state index contributed by atoms with van der Waals surface area (Å²) in [4.78, 5) is 18.0. The minimum atomic E-state index is 0.0162. The predicted molar refractivity (Wildman–Crippen MR) is 66.5 cm³/mol. The number of anilines is 1. The van der Waals surface area contributed by atoms with E-state index in [-0.39, 0.29) is 5.91 Å². The minimum Gasteiger partial charge on any atom is -0.397 e. The third-order valence-electron chi connectivity index (χ3n) is 2.51. The Bertz CT molecular complexity index is 358. The number of nitrogens with two attached hydrogens (primary N) is 1. The zero-order valence-electron chi connectivity index (χ0n) is 9.06. The summed E-state index contributed by atoms with van der Waals surface area (Å²) in [6, 6.07) is 3.41. The average Bonchev–Trinajstić information content (AvgIpc) is 2.57. The first-order chi connectivity index (χ1) is 7.77. The van der Waals surface area contributed by atoms with E-state index in [2.05, 4.69) is 4.98 Å². The summed E-state index contributed by atoms with van der Waals surface area (Å²) in [5.74, 6) is 2.17. The Kier molecular flexibility index (Phi) is 3.66. The molecule has 0 aliphatic carbocycles. The first-order valence-corrected chi connectivity index (χ1v) is 6.51. The number of aromatic nitrogens is 1. The molecule has 16 heavy (non-hydrogen) atoms. The highest BCUT2D eigenvalue weighted by Gasteiger charge is 2.17. The van der Waals surface area contributed by atoms with Crippen LogP contribution in [0, 0.1) is 0 Å². The smallest absolute Gasteiger partial charge is 0.272 e. The van der Waals surface area contributed by atoms with Gasteiger partial charge in [0.2, 0.25) is 0 Å². The Morgan fingerprint density at radius 3 is 3.00 bits per heavy atom. The van der Waals surface area contributed by atoms with Crippen LogP contribution in [-0.2, 0) is 0 Å². The molecule has 0 atom stereocenters. The number of carbonyl (C=O) groups is 1. The van der Waals surface area contributed by atoms with Crippen molar-refractivity contribution >= 4 is 23.4 Å². The number of hydrogen-bond donors (Lipinski definition) is 1. The zero-order chi connectivity index (χ0) is 11.4. The molecule has 1 aliphatic rings. The summed E-state index contributed by atoms with van der Waals surface area (Å²) in [5.41, 5.74) is 6.61. The molecule has 1 fully saturated rings. The second-order valence-electron chi connectivity index (χ2n) is 3.73. The van der Waals surface area contributed by atoms with Crippen LogP contribution in [0.15, 0.2) is 18.3 Å². The minimum absolute atomic E-state index is 0.0162. The Hall–Kier alpha value is -1.23. The van der Waals surface area contributed by atoms with Gasteiger partial charge in [0, 0.05) is 18.8 Å². The summed E-state index contributed by atoms with van der Waals surface area (Å²) in [6.45, 7) is 1.65. The lowest BCUT2D eigenvalue weighted by Crippen LogP contribution is -2.33. The molecule has 0 bridgehead atoms. The molecule has 0 spiro atoms. The lowest BCUT2D eigenvalue weighted by Gasteiger charge is -2.19. The van der Waals surface area contributed by atoms with Gasteiger partial charge in [-0.1, -0.05) is 0 Å². The topological polar surface area (TPSA) is 59.2 Å². The number of pyridine rings is 1. The molecule has 2 N–H and O–H groups in total. The standard InChI is InChI=1S/C11H15N3OS/c12-9-2-3-10(13-8-9)11(15)14-4-1-6-16-7-5-14/h2-3,8H,1,4-7,12H2. The number of hydrogen-bond acceptors (Lipinski definition) is 4. The molecule has 1 aromatic rings. The second-order valence-corrected chi connectivity index (χ2v) is 4.96. The van der Waals surface area contributed by atoms with E-state index < -0.39 is 0 Å². The van der Waals surface area contributed by atoms with E-state index in [1.807, 2.05) is 16.7 Å². The number of nitrogen functional groups attached to an aromatic ring is 1. The largest absolute Gasteiger partial charge is 0.397 e. The molecular weight excluding hydrogens is 222 g/mol. The summed E-state index contributed by atoms with van der Waals surface area (Å²) < 4.78 is 0. The molecule has 1 aliphatic heterocycles. The van der Waals surface area contributed by atoms with Gasteiger partial charge in [0.1, 0.15) is 5.69 Å². The van der Waals surface area contributed by atoms with Gasteiger partial charge in [0.25, 0.3) is 5.91 Å². The van der Waals surface area contributed by atoms with Crippen LogP contribution in [-0.4, -0.2) is 40.4 Å². The first-order valence-electron chi connectivity index (χ1n) is 5.36. The third-order valence-corrected chi connectivity index (χ3v) is 3.56. The van der Waals surface area contributed by atoms with Gasteiger partial charge in [0.15, 0.2) is 0 Å². The van der Waals surface area contributed by atoms with Crippen LogP contribution < -0.4 is 5.73 Å². The summed E-state index contributed by atoms with van der Waals surface area (Å²) >= 11 is 1.90. The van der Waals surface area contributed by atoms with Gasteiger partial charge in [-0.2, -0.15) is 11.8 Å². The van der Waals surface area contributed by atoms with Gasteiger partial charge in [-0.15, -0.1) is 0 Å². The molecule has 0 unspecified atom stereocenters. The normalized spacial score (nSPS) is 16.9. The predicted octanol–water partition coefficient (Wildman–Crippen LogP) is 1.24. The van der Waals surface area contributed by atoms with Crippen molar-refractivity contribution in [3.63, 3.8) is 0 Å². The fraction of sp³-hybridized carbons (Fsp3) is 0.455. The number of rotatable bonds is 1. The number of carbonyl (C=O) groups excluding carboxylic acids is 1. The molecular formula is C11H15N3OS. The highest BCUT2D eigenvalue weighted by molar-refractivity contribution is 7.99. The van der Waals surface area contributed by atoms with Crippen LogP contribution in [0.4, 0.5) is 5.69 Å². The van der Waals surface area contributed by atoms with E-state index >= 15 is 0 Å². The molecule has 1 amide bonds. The molecule has 0 aromatic carbocycles. The van der Waals surface area contributed by atoms with E-state index in [0.717, 1.165) is 31.0 Å². The first kappa shape index (κ1) is 11.3. The van der Waals surface area contributed by atoms with E-state index in [4.69, 9.17) is 5.73 Å². The fourth-order valence-corrected chi connectivity index (χ4v) is 2.53. The summed E-state index contributed by atoms with van der Waals surface area (Å²) in [5, 5.41) is 0. The molecule has 4 nitrogen and oxygen atoms in total. The van der Waals surface area contributed by atoms with Gasteiger partial charge in [-0.05, 0) is 24.3 Å². The van der Waals surface area contributed by atoms with Crippen molar-refractivity contribution in [3.05, 3.63) is 24.0 Å². The van der Waals surface area contributed by atoms with Crippen molar-refractivity contribution in [2.75, 3.05) is 30.3 Å². The van der Waals surface area contributed by atoms with Crippen molar-refractivity contribution < 1.29 is 4.79 Å². The number of nitrogens with zero attached hydrogens (tertiary/aromatic N) is 2.